The number of likely N-dealkylation sites (tertiary alicyclic amines) is 1. The third-order valence-corrected chi connectivity index (χ3v) is 5.20. The number of amides is 1. The van der Waals surface area contributed by atoms with Gasteiger partial charge in [0, 0.05) is 53.9 Å². The summed E-state index contributed by atoms with van der Waals surface area (Å²) in [4.78, 5) is 17.1. The lowest BCUT2D eigenvalue weighted by Crippen LogP contribution is -2.58. The maximum absolute atomic E-state index is 13.0. The lowest BCUT2D eigenvalue weighted by molar-refractivity contribution is -0.135. The predicted molar refractivity (Wildman–Crippen MR) is 101 cm³/mol. The van der Waals surface area contributed by atoms with Gasteiger partial charge >= 0.3 is 0 Å². The van der Waals surface area contributed by atoms with Crippen molar-refractivity contribution in [1.82, 2.24) is 29.4 Å². The van der Waals surface area contributed by atoms with Crippen LogP contribution in [0.15, 0.2) is 18.3 Å². The fourth-order valence-corrected chi connectivity index (χ4v) is 3.70. The topological polar surface area (TPSA) is 71.2 Å². The van der Waals surface area contributed by atoms with Crippen molar-refractivity contribution in [1.29, 1.82) is 0 Å². The van der Waals surface area contributed by atoms with Crippen LogP contribution in [0.3, 0.4) is 0 Å². The van der Waals surface area contributed by atoms with E-state index in [0.29, 0.717) is 0 Å². The molecule has 142 valence electrons. The smallest absolute Gasteiger partial charge is 0.247 e. The van der Waals surface area contributed by atoms with Crippen LogP contribution in [-0.2, 0) is 25.4 Å². The average molecular weight is 359 g/mol. The zero-order valence-electron chi connectivity index (χ0n) is 16.4. The number of nitrogens with one attached hydrogen (secondary N) is 1. The summed E-state index contributed by atoms with van der Waals surface area (Å²) in [6, 6.07) is 4.04. The molecular formula is C18H29N7O. The molecule has 26 heavy (non-hydrogen) atoms. The Bertz CT molecular complexity index is 768. The van der Waals surface area contributed by atoms with Gasteiger partial charge in [0.2, 0.25) is 5.91 Å². The van der Waals surface area contributed by atoms with Crippen molar-refractivity contribution in [2.75, 3.05) is 32.5 Å². The second kappa shape index (κ2) is 7.11. The first-order valence-electron chi connectivity index (χ1n) is 9.00. The van der Waals surface area contributed by atoms with Gasteiger partial charge in [-0.05, 0) is 25.8 Å². The highest BCUT2D eigenvalue weighted by molar-refractivity contribution is 5.89. The van der Waals surface area contributed by atoms with Crippen LogP contribution in [0.2, 0.25) is 0 Å². The summed E-state index contributed by atoms with van der Waals surface area (Å²) in [5, 5.41) is 12.1. The van der Waals surface area contributed by atoms with Crippen LogP contribution in [0.4, 0.5) is 5.82 Å². The zero-order valence-corrected chi connectivity index (χ0v) is 16.4. The summed E-state index contributed by atoms with van der Waals surface area (Å²) in [7, 11) is 7.51. The third-order valence-electron chi connectivity index (χ3n) is 5.20. The van der Waals surface area contributed by atoms with Gasteiger partial charge in [-0.3, -0.25) is 19.1 Å². The standard InChI is InChI=1S/C18H29N7O/c1-14-12-15(23(4)21-14)13-25-10-7-18(8-11-25,17(26)22(2)3)20-16-6-9-19-24(16)5/h6,9,12,20H,7-8,10-11,13H2,1-5H3. The Balaban J connectivity index is 1.73. The molecule has 1 N–H and O–H groups in total. The molecule has 8 heteroatoms. The van der Waals surface area contributed by atoms with E-state index >= 15 is 0 Å². The van der Waals surface area contributed by atoms with Crippen LogP contribution >= 0.6 is 0 Å². The molecule has 0 unspecified atom stereocenters. The molecule has 2 aromatic rings. The number of nitrogens with zero attached hydrogens (tertiary/aromatic N) is 6. The van der Waals surface area contributed by atoms with E-state index in [1.54, 1.807) is 15.8 Å². The van der Waals surface area contributed by atoms with Crippen molar-refractivity contribution in [3.63, 3.8) is 0 Å². The molecule has 0 saturated carbocycles. The fraction of sp³-hybridized carbons (Fsp3) is 0.611. The minimum atomic E-state index is -0.587. The van der Waals surface area contributed by atoms with Crippen molar-refractivity contribution in [2.45, 2.75) is 31.8 Å². The molecule has 0 bridgehead atoms. The van der Waals surface area contributed by atoms with Gasteiger partial charge in [-0.15, -0.1) is 0 Å². The highest BCUT2D eigenvalue weighted by atomic mass is 16.2. The quantitative estimate of drug-likeness (QED) is 0.862. The van der Waals surface area contributed by atoms with E-state index in [1.807, 2.05) is 45.9 Å². The van der Waals surface area contributed by atoms with Gasteiger partial charge in [0.15, 0.2) is 0 Å². The Morgan fingerprint density at radius 3 is 2.46 bits per heavy atom. The van der Waals surface area contributed by atoms with Crippen molar-refractivity contribution < 1.29 is 4.79 Å². The van der Waals surface area contributed by atoms with E-state index in [9.17, 15) is 4.79 Å². The molecule has 0 spiro atoms. The van der Waals surface area contributed by atoms with Crippen LogP contribution in [0.25, 0.3) is 0 Å². The van der Waals surface area contributed by atoms with Gasteiger partial charge in [0.1, 0.15) is 11.4 Å². The van der Waals surface area contributed by atoms with Gasteiger partial charge < -0.3 is 10.2 Å². The summed E-state index contributed by atoms with van der Waals surface area (Å²) in [6.45, 7) is 4.58. The molecule has 1 aliphatic rings. The molecule has 8 nitrogen and oxygen atoms in total. The highest BCUT2D eigenvalue weighted by Crippen LogP contribution is 2.29. The van der Waals surface area contributed by atoms with E-state index in [1.165, 1.54) is 5.69 Å². The largest absolute Gasteiger partial charge is 0.356 e. The highest BCUT2D eigenvalue weighted by Gasteiger charge is 2.42. The molecular weight excluding hydrogens is 330 g/mol. The third kappa shape index (κ3) is 3.60. The van der Waals surface area contributed by atoms with Gasteiger partial charge in [0.05, 0.1) is 17.6 Å². The average Bonchev–Trinajstić information content (AvgIpc) is 3.13. The molecule has 1 amide bonds. The Kier molecular flexibility index (Phi) is 5.04. The van der Waals surface area contributed by atoms with Crippen LogP contribution < -0.4 is 5.32 Å². The summed E-state index contributed by atoms with van der Waals surface area (Å²) >= 11 is 0. The molecule has 3 heterocycles. The van der Waals surface area contributed by atoms with Gasteiger partial charge in [-0.1, -0.05) is 0 Å². The van der Waals surface area contributed by atoms with Crippen molar-refractivity contribution in [3.8, 4) is 0 Å². The SMILES string of the molecule is Cc1cc(CN2CCC(Nc3ccnn3C)(C(=O)N(C)C)CC2)n(C)n1. The number of aryl methyl sites for hydroxylation is 3. The minimum absolute atomic E-state index is 0.120. The normalized spacial score (nSPS) is 17.3. The molecule has 0 aromatic carbocycles. The number of hydrogen-bond acceptors (Lipinski definition) is 5. The molecule has 1 fully saturated rings. The maximum Gasteiger partial charge on any atom is 0.247 e. The fourth-order valence-electron chi connectivity index (χ4n) is 3.70. The zero-order chi connectivity index (χ0) is 18.9. The van der Waals surface area contributed by atoms with E-state index in [4.69, 9.17) is 0 Å². The van der Waals surface area contributed by atoms with E-state index in [-0.39, 0.29) is 5.91 Å². The number of piperidine rings is 1. The summed E-state index contributed by atoms with van der Waals surface area (Å²) in [5.41, 5.74) is 1.65. The number of carbonyl (C=O) groups is 1. The first-order chi connectivity index (χ1) is 12.3. The Morgan fingerprint density at radius 2 is 1.96 bits per heavy atom. The van der Waals surface area contributed by atoms with Gasteiger partial charge in [-0.2, -0.15) is 10.2 Å². The lowest BCUT2D eigenvalue weighted by atomic mass is 9.85. The van der Waals surface area contributed by atoms with Crippen LogP contribution in [0.5, 0.6) is 0 Å². The molecule has 0 radical (unpaired) electrons. The van der Waals surface area contributed by atoms with Crippen molar-refractivity contribution in [3.05, 3.63) is 29.7 Å². The van der Waals surface area contributed by atoms with Crippen molar-refractivity contribution in [2.24, 2.45) is 14.1 Å². The van der Waals surface area contributed by atoms with Gasteiger partial charge in [0.25, 0.3) is 0 Å². The molecule has 0 atom stereocenters. The second-order valence-corrected chi connectivity index (χ2v) is 7.42. The van der Waals surface area contributed by atoms with E-state index in [0.717, 1.165) is 44.0 Å². The number of likely N-dealkylation sites (N-methyl/N-ethyl adjacent to an activating group) is 1. The van der Waals surface area contributed by atoms with E-state index < -0.39 is 5.54 Å². The molecule has 1 aliphatic heterocycles. The van der Waals surface area contributed by atoms with E-state index in [2.05, 4.69) is 26.5 Å². The minimum Gasteiger partial charge on any atom is -0.356 e. The van der Waals surface area contributed by atoms with Crippen molar-refractivity contribution >= 4 is 11.7 Å². The Morgan fingerprint density at radius 1 is 1.27 bits per heavy atom. The van der Waals surface area contributed by atoms with Crippen LogP contribution in [0.1, 0.15) is 24.2 Å². The number of hydrogen-bond donors (Lipinski definition) is 1. The first-order valence-corrected chi connectivity index (χ1v) is 9.00. The predicted octanol–water partition coefficient (Wildman–Crippen LogP) is 0.997. The molecule has 3 rings (SSSR count). The lowest BCUT2D eigenvalue weighted by Gasteiger charge is -2.42. The first kappa shape index (κ1) is 18.4. The maximum atomic E-state index is 13.0. The Labute approximate surface area is 154 Å². The van der Waals surface area contributed by atoms with Gasteiger partial charge in [-0.25, -0.2) is 0 Å². The molecule has 0 aliphatic carbocycles. The number of carbonyl (C=O) groups excluding carboxylic acids is 1. The molecule has 2 aromatic heterocycles. The summed E-state index contributed by atoms with van der Waals surface area (Å²) < 4.78 is 3.71. The Hall–Kier alpha value is -2.35. The number of anilines is 1. The van der Waals surface area contributed by atoms with Crippen LogP contribution in [-0.4, -0.2) is 68.0 Å². The summed E-state index contributed by atoms with van der Waals surface area (Å²) in [5.74, 6) is 0.991. The molecule has 1 saturated heterocycles. The summed E-state index contributed by atoms with van der Waals surface area (Å²) in [6.07, 6.45) is 3.26. The monoisotopic (exact) mass is 359 g/mol. The number of aromatic nitrogens is 4. The second-order valence-electron chi connectivity index (χ2n) is 7.42. The number of rotatable bonds is 5. The van der Waals surface area contributed by atoms with Crippen LogP contribution in [0, 0.1) is 6.92 Å².